The van der Waals surface area contributed by atoms with Crippen LogP contribution in [-0.2, 0) is 23.5 Å². The Hall–Kier alpha value is -0.883. The van der Waals surface area contributed by atoms with E-state index >= 15 is 0 Å². The van der Waals surface area contributed by atoms with Crippen LogP contribution >= 0.6 is 0 Å². The molecule has 0 saturated heterocycles. The molecular formula is C15H30O5Si. The number of esters is 2. The highest BCUT2D eigenvalue weighted by Crippen LogP contribution is 2.19. The van der Waals surface area contributed by atoms with Gasteiger partial charge in [-0.05, 0) is 39.4 Å². The van der Waals surface area contributed by atoms with Crippen LogP contribution in [0.15, 0.2) is 0 Å². The van der Waals surface area contributed by atoms with Crippen LogP contribution in [0.2, 0.25) is 19.1 Å². The molecule has 124 valence electrons. The van der Waals surface area contributed by atoms with Crippen molar-refractivity contribution in [1.82, 2.24) is 0 Å². The Morgan fingerprint density at radius 2 is 1.71 bits per heavy atom. The Balaban J connectivity index is 4.44. The topological polar surface area (TPSA) is 61.8 Å². The molecule has 0 aliphatic carbocycles. The quantitative estimate of drug-likeness (QED) is 0.267. The van der Waals surface area contributed by atoms with Gasteiger partial charge in [-0.2, -0.15) is 0 Å². The van der Waals surface area contributed by atoms with Crippen molar-refractivity contribution in [2.75, 3.05) is 6.61 Å². The first-order valence-electron chi connectivity index (χ1n) is 7.82. The summed E-state index contributed by atoms with van der Waals surface area (Å²) < 4.78 is 16.0. The summed E-state index contributed by atoms with van der Waals surface area (Å²) in [6.07, 6.45) is 1.97. The third-order valence-electron chi connectivity index (χ3n) is 3.16. The minimum Gasteiger partial charge on any atom is -0.465 e. The average molecular weight is 318 g/mol. The summed E-state index contributed by atoms with van der Waals surface area (Å²) in [4.78, 5) is 23.7. The highest BCUT2D eigenvalue weighted by atomic mass is 28.4. The Bertz CT molecular complexity index is 330. The van der Waals surface area contributed by atoms with Gasteiger partial charge in [-0.25, -0.2) is 0 Å². The van der Waals surface area contributed by atoms with E-state index in [1.54, 1.807) is 20.8 Å². The summed E-state index contributed by atoms with van der Waals surface area (Å²) in [6, 6.07) is 1.03. The molecule has 6 heteroatoms. The zero-order valence-electron chi connectivity index (χ0n) is 14.2. The van der Waals surface area contributed by atoms with E-state index in [2.05, 4.69) is 20.0 Å². The molecule has 0 rings (SSSR count). The molecule has 0 aliphatic rings. The third kappa shape index (κ3) is 8.21. The van der Waals surface area contributed by atoms with E-state index in [1.165, 1.54) is 0 Å². The van der Waals surface area contributed by atoms with E-state index in [0.29, 0.717) is 6.42 Å². The first-order chi connectivity index (χ1) is 9.77. The molecule has 0 aromatic rings. The predicted octanol–water partition coefficient (Wildman–Crippen LogP) is 3.49. The van der Waals surface area contributed by atoms with E-state index in [-0.39, 0.29) is 6.61 Å². The summed E-state index contributed by atoms with van der Waals surface area (Å²) >= 11 is 0. The molecule has 5 nitrogen and oxygen atoms in total. The van der Waals surface area contributed by atoms with Gasteiger partial charge in [-0.1, -0.05) is 26.7 Å². The van der Waals surface area contributed by atoms with Gasteiger partial charge in [-0.3, -0.25) is 9.59 Å². The van der Waals surface area contributed by atoms with Crippen molar-refractivity contribution in [3.63, 3.8) is 0 Å². The second-order valence-electron chi connectivity index (χ2n) is 5.70. The van der Waals surface area contributed by atoms with Gasteiger partial charge in [0, 0.05) is 0 Å². The lowest BCUT2D eigenvalue weighted by Crippen LogP contribution is -2.38. The summed E-state index contributed by atoms with van der Waals surface area (Å²) in [5, 5.41) is 0. The van der Waals surface area contributed by atoms with E-state index in [4.69, 9.17) is 13.9 Å². The van der Waals surface area contributed by atoms with Crippen LogP contribution in [0.5, 0.6) is 0 Å². The Kier molecular flexibility index (Phi) is 9.53. The Labute approximate surface area is 129 Å². The van der Waals surface area contributed by atoms with Crippen molar-refractivity contribution in [1.29, 1.82) is 0 Å². The lowest BCUT2D eigenvalue weighted by atomic mass is 10.1. The maximum atomic E-state index is 12.0. The maximum Gasteiger partial charge on any atom is 0.322 e. The van der Waals surface area contributed by atoms with Crippen molar-refractivity contribution in [3.05, 3.63) is 0 Å². The summed E-state index contributed by atoms with van der Waals surface area (Å²) in [5.41, 5.74) is 0. The zero-order chi connectivity index (χ0) is 16.5. The van der Waals surface area contributed by atoms with E-state index in [0.717, 1.165) is 18.9 Å². The highest BCUT2D eigenvalue weighted by Gasteiger charge is 2.31. The van der Waals surface area contributed by atoms with Crippen molar-refractivity contribution in [3.8, 4) is 0 Å². The first kappa shape index (κ1) is 20.1. The molecule has 2 unspecified atom stereocenters. The van der Waals surface area contributed by atoms with Gasteiger partial charge in [-0.15, -0.1) is 0 Å². The van der Waals surface area contributed by atoms with Crippen molar-refractivity contribution in [2.45, 2.75) is 72.4 Å². The zero-order valence-corrected chi connectivity index (χ0v) is 15.2. The van der Waals surface area contributed by atoms with Crippen molar-refractivity contribution < 1.29 is 23.5 Å². The molecule has 0 spiro atoms. The van der Waals surface area contributed by atoms with Crippen LogP contribution in [-0.4, -0.2) is 33.2 Å². The minimum atomic E-state index is -1.83. The molecule has 2 atom stereocenters. The second-order valence-corrected chi connectivity index (χ2v) is 9.95. The van der Waals surface area contributed by atoms with Gasteiger partial charge in [0.15, 0.2) is 20.5 Å². The van der Waals surface area contributed by atoms with Crippen LogP contribution in [0.25, 0.3) is 0 Å². The lowest BCUT2D eigenvalue weighted by molar-refractivity contribution is -0.174. The van der Waals surface area contributed by atoms with E-state index in [9.17, 15) is 9.59 Å². The average Bonchev–Trinajstić information content (AvgIpc) is 2.36. The van der Waals surface area contributed by atoms with Gasteiger partial charge in [0.25, 0.3) is 0 Å². The smallest absolute Gasteiger partial charge is 0.322 e. The molecule has 0 aromatic carbocycles. The number of ether oxygens (including phenoxy) is 2. The van der Waals surface area contributed by atoms with Gasteiger partial charge in [0.2, 0.25) is 0 Å². The number of carbonyl (C=O) groups excluding carboxylic acids is 2. The predicted molar refractivity (Wildman–Crippen MR) is 84.3 cm³/mol. The van der Waals surface area contributed by atoms with Crippen LogP contribution in [0.4, 0.5) is 0 Å². The van der Waals surface area contributed by atoms with Crippen molar-refractivity contribution in [2.24, 2.45) is 5.92 Å². The fraction of sp³-hybridized carbons (Fsp3) is 0.867. The molecular weight excluding hydrogens is 288 g/mol. The molecule has 0 fully saturated rings. The fourth-order valence-corrected chi connectivity index (χ4v) is 4.32. The maximum absolute atomic E-state index is 12.0. The van der Waals surface area contributed by atoms with Crippen LogP contribution in [0, 0.1) is 5.92 Å². The van der Waals surface area contributed by atoms with Crippen LogP contribution in [0.3, 0.4) is 0 Å². The largest absolute Gasteiger partial charge is 0.465 e. The second kappa shape index (κ2) is 9.95. The molecule has 0 amide bonds. The number of carbonyl (C=O) groups is 2. The molecule has 0 bridgehead atoms. The molecule has 0 heterocycles. The van der Waals surface area contributed by atoms with E-state index < -0.39 is 32.5 Å². The minimum absolute atomic E-state index is 0.256. The molecule has 0 N–H and O–H groups in total. The highest BCUT2D eigenvalue weighted by molar-refractivity contribution is 6.71. The molecule has 0 radical (unpaired) electrons. The number of hydrogen-bond donors (Lipinski definition) is 0. The molecule has 0 aliphatic heterocycles. The number of rotatable bonds is 10. The molecule has 21 heavy (non-hydrogen) atoms. The molecule has 0 saturated carbocycles. The summed E-state index contributed by atoms with van der Waals surface area (Å²) in [7, 11) is -1.83. The standard InChI is InChI=1S/C15H30O5Si/c1-7-10-11-21(5,6)20-12(4)19-15(17)13(8-2)14(16)18-9-3/h12-13H,7-11H2,1-6H3. The lowest BCUT2D eigenvalue weighted by Gasteiger charge is -2.27. The van der Waals surface area contributed by atoms with Crippen molar-refractivity contribution >= 4 is 20.3 Å². The SMILES string of the molecule is CCCC[Si](C)(C)OC(C)OC(=O)C(CC)C(=O)OCC. The van der Waals surface area contributed by atoms with Gasteiger partial charge in [0.1, 0.15) is 0 Å². The monoisotopic (exact) mass is 318 g/mol. The summed E-state index contributed by atoms with van der Waals surface area (Å²) in [5.74, 6) is -1.96. The summed E-state index contributed by atoms with van der Waals surface area (Å²) in [6.45, 7) is 11.8. The normalized spacial score (nSPS) is 14.4. The van der Waals surface area contributed by atoms with Crippen LogP contribution < -0.4 is 0 Å². The molecule has 0 aromatic heterocycles. The third-order valence-corrected chi connectivity index (χ3v) is 5.69. The van der Waals surface area contributed by atoms with E-state index in [1.807, 2.05) is 0 Å². The van der Waals surface area contributed by atoms with Crippen LogP contribution in [0.1, 0.15) is 47.0 Å². The number of hydrogen-bond acceptors (Lipinski definition) is 5. The number of unbranched alkanes of at least 4 members (excludes halogenated alkanes) is 1. The van der Waals surface area contributed by atoms with Gasteiger partial charge < -0.3 is 13.9 Å². The Morgan fingerprint density at radius 1 is 1.10 bits per heavy atom. The van der Waals surface area contributed by atoms with Gasteiger partial charge >= 0.3 is 11.9 Å². The Morgan fingerprint density at radius 3 is 2.19 bits per heavy atom. The first-order valence-corrected chi connectivity index (χ1v) is 10.9. The fourth-order valence-electron chi connectivity index (χ4n) is 2.05. The van der Waals surface area contributed by atoms with Gasteiger partial charge in [0.05, 0.1) is 6.61 Å².